The second-order valence-corrected chi connectivity index (χ2v) is 6.75. The summed E-state index contributed by atoms with van der Waals surface area (Å²) in [6.07, 6.45) is 2.11. The lowest BCUT2D eigenvalue weighted by atomic mass is 10.0. The predicted octanol–water partition coefficient (Wildman–Crippen LogP) is 1.22. The van der Waals surface area contributed by atoms with Gasteiger partial charge < -0.3 is 10.6 Å². The summed E-state index contributed by atoms with van der Waals surface area (Å²) < 4.78 is 1.57. The fourth-order valence-corrected chi connectivity index (χ4v) is 3.06. The van der Waals surface area contributed by atoms with Crippen molar-refractivity contribution < 1.29 is 4.79 Å². The smallest absolute Gasteiger partial charge is 0.267 e. The van der Waals surface area contributed by atoms with Gasteiger partial charge in [-0.1, -0.05) is 25.6 Å². The van der Waals surface area contributed by atoms with E-state index in [1.807, 2.05) is 0 Å². The molecule has 6 nitrogen and oxygen atoms in total. The molecule has 1 aromatic heterocycles. The Morgan fingerprint density at radius 1 is 1.55 bits per heavy atom. The van der Waals surface area contributed by atoms with Crippen molar-refractivity contribution in [1.29, 1.82) is 0 Å². The number of carbonyl (C=O) groups excluding carboxylic acids is 1. The van der Waals surface area contributed by atoms with E-state index < -0.39 is 0 Å². The van der Waals surface area contributed by atoms with E-state index in [-0.39, 0.29) is 35.5 Å². The summed E-state index contributed by atoms with van der Waals surface area (Å²) in [5.41, 5.74) is 5.89. The molecule has 1 atom stereocenters. The Morgan fingerprint density at radius 3 is 2.86 bits per heavy atom. The number of aromatic nitrogens is 2. The van der Waals surface area contributed by atoms with Gasteiger partial charge in [-0.3, -0.25) is 14.2 Å². The largest absolute Gasteiger partial charge is 0.341 e. The second kappa shape index (κ2) is 7.99. The first-order chi connectivity index (χ1) is 9.91. The normalized spacial score (nSPS) is 14.4. The topological polar surface area (TPSA) is 81.2 Å². The maximum absolute atomic E-state index is 12.4. The van der Waals surface area contributed by atoms with Crippen LogP contribution < -0.4 is 11.3 Å². The van der Waals surface area contributed by atoms with Gasteiger partial charge in [-0.25, -0.2) is 4.98 Å². The number of rotatable bonds is 5. The number of carbonyl (C=O) groups is 1. The molecule has 2 N–H and O–H groups in total. The van der Waals surface area contributed by atoms with Crippen molar-refractivity contribution in [2.45, 2.75) is 38.0 Å². The summed E-state index contributed by atoms with van der Waals surface area (Å²) in [6.45, 7) is 5.27. The fraction of sp³-hybridized carbons (Fsp3) is 0.643. The highest BCUT2D eigenvalue weighted by atomic mass is 35.5. The molecule has 1 aromatic rings. The van der Waals surface area contributed by atoms with Gasteiger partial charge in [0, 0.05) is 38.1 Å². The Balaban J connectivity index is 0.00000242. The molecule has 8 heteroatoms. The highest BCUT2D eigenvalue weighted by molar-refractivity contribution is 7.99. The first-order valence-electron chi connectivity index (χ1n) is 7.15. The van der Waals surface area contributed by atoms with Gasteiger partial charge in [0.25, 0.3) is 11.5 Å². The summed E-state index contributed by atoms with van der Waals surface area (Å²) >= 11 is 1.54. The van der Waals surface area contributed by atoms with Crippen molar-refractivity contribution in [3.05, 3.63) is 22.1 Å². The van der Waals surface area contributed by atoms with Crippen LogP contribution in [0.15, 0.2) is 16.1 Å². The zero-order valence-electron chi connectivity index (χ0n) is 13.1. The number of nitrogens with two attached hydrogens (primary N) is 1. The number of nitrogens with zero attached hydrogens (tertiary/aromatic N) is 3. The van der Waals surface area contributed by atoms with Crippen LogP contribution in [0.1, 0.15) is 30.6 Å². The monoisotopic (exact) mass is 346 g/mol. The summed E-state index contributed by atoms with van der Waals surface area (Å²) in [6, 6.07) is 0.0518. The molecule has 22 heavy (non-hydrogen) atoms. The van der Waals surface area contributed by atoms with E-state index in [9.17, 15) is 9.59 Å². The summed E-state index contributed by atoms with van der Waals surface area (Å²) in [4.78, 5) is 30.4. The minimum Gasteiger partial charge on any atom is -0.341 e. The average molecular weight is 347 g/mol. The van der Waals surface area contributed by atoms with Crippen molar-refractivity contribution in [2.24, 2.45) is 11.7 Å². The number of fused-ring (bicyclic) bond motifs is 1. The SMILES string of the molecule is CC(C)C(N)CCN(C)C(=O)c1cnc2n(c1=O)CCS2.Cl. The number of halogens is 1. The van der Waals surface area contributed by atoms with Gasteiger partial charge in [-0.05, 0) is 12.3 Å². The molecule has 0 aliphatic carbocycles. The Kier molecular flexibility index (Phi) is 6.90. The third kappa shape index (κ3) is 4.02. The molecule has 1 aliphatic heterocycles. The second-order valence-electron chi connectivity index (χ2n) is 5.68. The van der Waals surface area contributed by atoms with Crippen LogP contribution in [0.5, 0.6) is 0 Å². The van der Waals surface area contributed by atoms with Crippen LogP contribution in [-0.2, 0) is 6.54 Å². The lowest BCUT2D eigenvalue weighted by molar-refractivity contribution is 0.0786. The Morgan fingerprint density at radius 2 is 2.23 bits per heavy atom. The van der Waals surface area contributed by atoms with Gasteiger partial charge in [0.15, 0.2) is 5.16 Å². The first kappa shape index (κ1) is 19.0. The fourth-order valence-electron chi connectivity index (χ4n) is 2.15. The molecule has 0 bridgehead atoms. The number of hydrogen-bond acceptors (Lipinski definition) is 5. The minimum atomic E-state index is -0.282. The van der Waals surface area contributed by atoms with E-state index in [1.54, 1.807) is 16.5 Å². The Labute approximate surface area is 140 Å². The highest BCUT2D eigenvalue weighted by Crippen LogP contribution is 2.20. The van der Waals surface area contributed by atoms with E-state index >= 15 is 0 Å². The molecule has 0 saturated heterocycles. The molecule has 0 saturated carbocycles. The Bertz CT molecular complexity index is 591. The van der Waals surface area contributed by atoms with Crippen LogP contribution in [0.3, 0.4) is 0 Å². The van der Waals surface area contributed by atoms with Crippen LogP contribution >= 0.6 is 24.2 Å². The number of thioether (sulfide) groups is 1. The molecule has 0 fully saturated rings. The average Bonchev–Trinajstić information content (AvgIpc) is 2.93. The molecule has 0 aromatic carbocycles. The molecular weight excluding hydrogens is 324 g/mol. The molecule has 1 unspecified atom stereocenters. The predicted molar refractivity (Wildman–Crippen MR) is 90.9 cm³/mol. The molecule has 2 rings (SSSR count). The van der Waals surface area contributed by atoms with Crippen LogP contribution in [0.2, 0.25) is 0 Å². The van der Waals surface area contributed by atoms with E-state index in [0.717, 1.165) is 12.2 Å². The molecule has 0 radical (unpaired) electrons. The highest BCUT2D eigenvalue weighted by Gasteiger charge is 2.22. The lowest BCUT2D eigenvalue weighted by Gasteiger charge is -2.21. The maximum Gasteiger partial charge on any atom is 0.267 e. The van der Waals surface area contributed by atoms with Gasteiger partial charge in [0.1, 0.15) is 5.56 Å². The maximum atomic E-state index is 12.4. The zero-order chi connectivity index (χ0) is 15.6. The molecule has 1 amide bonds. The molecule has 0 spiro atoms. The van der Waals surface area contributed by atoms with Crippen LogP contribution in [0.25, 0.3) is 0 Å². The van der Waals surface area contributed by atoms with Crippen molar-refractivity contribution in [3.63, 3.8) is 0 Å². The lowest BCUT2D eigenvalue weighted by Crippen LogP contribution is -2.38. The van der Waals surface area contributed by atoms with Gasteiger partial charge in [-0.15, -0.1) is 12.4 Å². The summed E-state index contributed by atoms with van der Waals surface area (Å²) in [5.74, 6) is 0.923. The third-order valence-corrected chi connectivity index (χ3v) is 4.76. The van der Waals surface area contributed by atoms with Crippen molar-refractivity contribution >= 4 is 30.1 Å². The summed E-state index contributed by atoms with van der Waals surface area (Å²) in [7, 11) is 1.70. The molecule has 2 heterocycles. The zero-order valence-corrected chi connectivity index (χ0v) is 14.7. The number of hydrogen-bond donors (Lipinski definition) is 1. The van der Waals surface area contributed by atoms with Crippen LogP contribution in [-0.4, -0.2) is 45.7 Å². The van der Waals surface area contributed by atoms with Gasteiger partial charge in [0.2, 0.25) is 0 Å². The standard InChI is InChI=1S/C14H22N4O2S.ClH/c1-9(2)11(15)4-5-17(3)12(19)10-8-16-14-18(13(10)20)6-7-21-14;/h8-9,11H,4-7,15H2,1-3H3;1H. The quantitative estimate of drug-likeness (QED) is 0.811. The minimum absolute atomic E-state index is 0. The van der Waals surface area contributed by atoms with E-state index in [0.29, 0.717) is 24.2 Å². The van der Waals surface area contributed by atoms with Crippen LogP contribution in [0.4, 0.5) is 0 Å². The van der Waals surface area contributed by atoms with Crippen molar-refractivity contribution in [1.82, 2.24) is 14.5 Å². The van der Waals surface area contributed by atoms with Gasteiger partial charge >= 0.3 is 0 Å². The molecule has 1 aliphatic rings. The van der Waals surface area contributed by atoms with E-state index in [4.69, 9.17) is 5.73 Å². The number of amides is 1. The van der Waals surface area contributed by atoms with Gasteiger partial charge in [0.05, 0.1) is 0 Å². The molecule has 124 valence electrons. The summed E-state index contributed by atoms with van der Waals surface area (Å²) in [5, 5.41) is 0.695. The van der Waals surface area contributed by atoms with Gasteiger partial charge in [-0.2, -0.15) is 0 Å². The van der Waals surface area contributed by atoms with Crippen molar-refractivity contribution in [2.75, 3.05) is 19.3 Å². The Hall–Kier alpha value is -1.05. The van der Waals surface area contributed by atoms with E-state index in [2.05, 4.69) is 18.8 Å². The van der Waals surface area contributed by atoms with Crippen LogP contribution in [0, 0.1) is 5.92 Å². The molecular formula is C14H23ClN4O2S. The first-order valence-corrected chi connectivity index (χ1v) is 8.14. The van der Waals surface area contributed by atoms with Crippen molar-refractivity contribution in [3.8, 4) is 0 Å². The van der Waals surface area contributed by atoms with E-state index in [1.165, 1.54) is 18.0 Å². The third-order valence-electron chi connectivity index (χ3n) is 3.79.